The predicted octanol–water partition coefficient (Wildman–Crippen LogP) is 14.4. The lowest BCUT2D eigenvalue weighted by molar-refractivity contribution is 0.446. The second-order valence-electron chi connectivity index (χ2n) is 14.4. The fraction of sp³-hybridized carbons (Fsp3) is 0.137. The van der Waals surface area contributed by atoms with Crippen LogP contribution in [0.1, 0.15) is 49.7 Å². The highest BCUT2D eigenvalue weighted by Crippen LogP contribution is 2.45. The van der Waals surface area contributed by atoms with Crippen molar-refractivity contribution in [3.8, 4) is 22.3 Å². The average Bonchev–Trinajstić information content (AvgIpc) is 3.49. The van der Waals surface area contributed by atoms with Gasteiger partial charge in [0.1, 0.15) is 0 Å². The predicted molar refractivity (Wildman–Crippen MR) is 222 cm³/mol. The molecule has 8 aromatic rings. The van der Waals surface area contributed by atoms with Gasteiger partial charge >= 0.3 is 0 Å². The zero-order valence-electron chi connectivity index (χ0n) is 29.6. The van der Waals surface area contributed by atoms with Crippen molar-refractivity contribution in [3.63, 3.8) is 0 Å². The Morgan fingerprint density at radius 3 is 1.56 bits per heavy atom. The molecule has 8 aromatic carbocycles. The fourth-order valence-corrected chi connectivity index (χ4v) is 8.65. The molecule has 1 saturated carbocycles. The van der Waals surface area contributed by atoms with Gasteiger partial charge < -0.3 is 4.90 Å². The summed E-state index contributed by atoms with van der Waals surface area (Å²) >= 11 is 0. The van der Waals surface area contributed by atoms with Crippen LogP contribution in [0, 0.1) is 0 Å². The van der Waals surface area contributed by atoms with Crippen molar-refractivity contribution < 1.29 is 0 Å². The van der Waals surface area contributed by atoms with E-state index in [0.29, 0.717) is 0 Å². The second kappa shape index (κ2) is 14.0. The summed E-state index contributed by atoms with van der Waals surface area (Å²) in [4.78, 5) is 2.41. The van der Waals surface area contributed by atoms with Crippen LogP contribution in [0.3, 0.4) is 0 Å². The molecule has 0 bridgehead atoms. The summed E-state index contributed by atoms with van der Waals surface area (Å²) in [5.41, 5.74) is 11.3. The van der Waals surface area contributed by atoms with E-state index in [9.17, 15) is 0 Å². The summed E-state index contributed by atoms with van der Waals surface area (Å²) in [6, 6.07) is 69.5. The first-order chi connectivity index (χ1) is 25.7. The van der Waals surface area contributed by atoms with Crippen molar-refractivity contribution >= 4 is 38.6 Å². The van der Waals surface area contributed by atoms with E-state index in [1.54, 1.807) is 0 Å². The first-order valence-electron chi connectivity index (χ1n) is 18.9. The Labute approximate surface area is 307 Å². The van der Waals surface area contributed by atoms with Gasteiger partial charge in [-0.2, -0.15) is 0 Å². The van der Waals surface area contributed by atoms with E-state index in [-0.39, 0.29) is 5.41 Å². The molecular weight excluding hydrogens is 627 g/mol. The average molecular weight is 670 g/mol. The van der Waals surface area contributed by atoms with Gasteiger partial charge in [0, 0.05) is 22.5 Å². The number of benzene rings is 8. The SMILES string of the molecule is c1ccc(C2(c3ccc(N(c4ccc(-c5ccc6ccccc6c5)cc4)c4ccc(-c5cccc6ccccc56)cc4)cc3)CCCCCC2)cc1. The number of hydrogen-bond donors (Lipinski definition) is 0. The van der Waals surface area contributed by atoms with Crippen molar-refractivity contribution in [1.29, 1.82) is 0 Å². The van der Waals surface area contributed by atoms with Gasteiger partial charge in [0.05, 0.1) is 0 Å². The molecular formula is C51H43N. The van der Waals surface area contributed by atoms with E-state index in [4.69, 9.17) is 0 Å². The Balaban J connectivity index is 1.11. The van der Waals surface area contributed by atoms with Crippen molar-refractivity contribution in [1.82, 2.24) is 0 Å². The van der Waals surface area contributed by atoms with Gasteiger partial charge in [0.25, 0.3) is 0 Å². The highest BCUT2D eigenvalue weighted by molar-refractivity contribution is 5.97. The number of nitrogens with zero attached hydrogens (tertiary/aromatic N) is 1. The molecule has 0 atom stereocenters. The normalized spacial score (nSPS) is 14.2. The standard InChI is InChI=1S/C51H43N/c1-2-11-36-51(35-10-1,44-17-4-3-5-18-44)45-27-33-48(34-28-45)52(46-29-23-39(24-30-46)43-22-21-38-13-6-7-15-42(38)37-43)47-31-25-41(26-32-47)50-20-12-16-40-14-8-9-19-49(40)50/h3-9,12-34,37H,1-2,10-11,35-36H2. The summed E-state index contributed by atoms with van der Waals surface area (Å²) in [5.74, 6) is 0. The van der Waals surface area contributed by atoms with E-state index < -0.39 is 0 Å². The molecule has 0 heterocycles. The topological polar surface area (TPSA) is 3.24 Å². The molecule has 0 saturated heterocycles. The third-order valence-corrected chi connectivity index (χ3v) is 11.4. The van der Waals surface area contributed by atoms with Crippen LogP contribution in [0.4, 0.5) is 17.1 Å². The van der Waals surface area contributed by atoms with Gasteiger partial charge in [-0.05, 0) is 110 Å². The molecule has 0 aromatic heterocycles. The molecule has 1 fully saturated rings. The van der Waals surface area contributed by atoms with Crippen LogP contribution < -0.4 is 4.90 Å². The minimum Gasteiger partial charge on any atom is -0.311 e. The Kier molecular flexibility index (Phi) is 8.62. The Hall–Kier alpha value is -5.92. The second-order valence-corrected chi connectivity index (χ2v) is 14.4. The first kappa shape index (κ1) is 32.0. The van der Waals surface area contributed by atoms with Crippen LogP contribution in [-0.4, -0.2) is 0 Å². The van der Waals surface area contributed by atoms with E-state index in [1.165, 1.54) is 93.5 Å². The van der Waals surface area contributed by atoms with Crippen molar-refractivity contribution in [2.24, 2.45) is 0 Å². The monoisotopic (exact) mass is 669 g/mol. The van der Waals surface area contributed by atoms with Crippen LogP contribution in [0.15, 0.2) is 188 Å². The maximum absolute atomic E-state index is 2.41. The van der Waals surface area contributed by atoms with Gasteiger partial charge in [0.2, 0.25) is 0 Å². The third-order valence-electron chi connectivity index (χ3n) is 11.4. The highest BCUT2D eigenvalue weighted by Gasteiger charge is 2.34. The summed E-state index contributed by atoms with van der Waals surface area (Å²) in [5, 5.41) is 5.07. The zero-order chi connectivity index (χ0) is 34.7. The van der Waals surface area contributed by atoms with Gasteiger partial charge in [-0.15, -0.1) is 0 Å². The molecule has 1 nitrogen and oxygen atoms in total. The third kappa shape index (κ3) is 6.07. The van der Waals surface area contributed by atoms with Crippen molar-refractivity contribution in [2.75, 3.05) is 4.90 Å². The zero-order valence-corrected chi connectivity index (χ0v) is 29.6. The molecule has 1 aliphatic rings. The van der Waals surface area contributed by atoms with Crippen LogP contribution >= 0.6 is 0 Å². The molecule has 0 radical (unpaired) electrons. The van der Waals surface area contributed by atoms with Crippen LogP contribution in [0.25, 0.3) is 43.8 Å². The summed E-state index contributed by atoms with van der Waals surface area (Å²) in [6.45, 7) is 0. The highest BCUT2D eigenvalue weighted by atomic mass is 15.1. The fourth-order valence-electron chi connectivity index (χ4n) is 8.65. The molecule has 0 unspecified atom stereocenters. The summed E-state index contributed by atoms with van der Waals surface area (Å²) < 4.78 is 0. The smallest absolute Gasteiger partial charge is 0.0462 e. The molecule has 9 rings (SSSR count). The van der Waals surface area contributed by atoms with Crippen LogP contribution in [-0.2, 0) is 5.41 Å². The van der Waals surface area contributed by atoms with E-state index in [0.717, 1.165) is 17.1 Å². The lowest BCUT2D eigenvalue weighted by atomic mass is 9.69. The number of rotatable bonds is 7. The maximum Gasteiger partial charge on any atom is 0.0462 e. The molecule has 0 amide bonds. The quantitative estimate of drug-likeness (QED) is 0.153. The van der Waals surface area contributed by atoms with Crippen LogP contribution in [0.2, 0.25) is 0 Å². The lowest BCUT2D eigenvalue weighted by Gasteiger charge is -2.35. The minimum atomic E-state index is 0.0583. The van der Waals surface area contributed by atoms with Crippen molar-refractivity contribution in [2.45, 2.75) is 43.9 Å². The Morgan fingerprint density at radius 2 is 0.865 bits per heavy atom. The Morgan fingerprint density at radius 1 is 0.346 bits per heavy atom. The molecule has 0 spiro atoms. The number of hydrogen-bond acceptors (Lipinski definition) is 1. The summed E-state index contributed by atoms with van der Waals surface area (Å²) in [7, 11) is 0. The molecule has 52 heavy (non-hydrogen) atoms. The molecule has 0 aliphatic heterocycles. The summed E-state index contributed by atoms with van der Waals surface area (Å²) in [6.07, 6.45) is 7.59. The van der Waals surface area contributed by atoms with Crippen LogP contribution in [0.5, 0.6) is 0 Å². The van der Waals surface area contributed by atoms with Gasteiger partial charge in [-0.3, -0.25) is 0 Å². The first-order valence-corrected chi connectivity index (χ1v) is 18.9. The molecule has 252 valence electrons. The minimum absolute atomic E-state index is 0.0583. The van der Waals surface area contributed by atoms with Gasteiger partial charge in [0.15, 0.2) is 0 Å². The molecule has 1 aliphatic carbocycles. The largest absolute Gasteiger partial charge is 0.311 e. The van der Waals surface area contributed by atoms with E-state index >= 15 is 0 Å². The molecule has 0 N–H and O–H groups in total. The lowest BCUT2D eigenvalue weighted by Crippen LogP contribution is -2.27. The van der Waals surface area contributed by atoms with Gasteiger partial charge in [-0.1, -0.05) is 171 Å². The van der Waals surface area contributed by atoms with E-state index in [2.05, 4.69) is 193 Å². The number of fused-ring (bicyclic) bond motifs is 2. The Bertz CT molecular complexity index is 2430. The molecule has 1 heteroatoms. The maximum atomic E-state index is 2.41. The van der Waals surface area contributed by atoms with Gasteiger partial charge in [-0.25, -0.2) is 0 Å². The van der Waals surface area contributed by atoms with E-state index in [1.807, 2.05) is 0 Å². The number of anilines is 3. The van der Waals surface area contributed by atoms with Crippen molar-refractivity contribution in [3.05, 3.63) is 199 Å².